The summed E-state index contributed by atoms with van der Waals surface area (Å²) in [7, 11) is 1.33. The van der Waals surface area contributed by atoms with Gasteiger partial charge in [-0.15, -0.1) is 0 Å². The number of epoxide rings is 1. The molecule has 1 atom stereocenters. The van der Waals surface area contributed by atoms with Crippen molar-refractivity contribution < 1.29 is 33.3 Å². The Labute approximate surface area is 210 Å². The molecule has 2 rings (SSSR count). The van der Waals surface area contributed by atoms with Crippen LogP contribution in [-0.4, -0.2) is 50.9 Å². The summed E-state index contributed by atoms with van der Waals surface area (Å²) in [6.07, 6.45) is 3.95. The fourth-order valence-corrected chi connectivity index (χ4v) is 1.65. The molecule has 0 amide bonds. The highest BCUT2D eigenvalue weighted by Gasteiger charge is 2.24. The van der Waals surface area contributed by atoms with Gasteiger partial charge in [0.05, 0.1) is 20.3 Å². The normalized spacial score (nSPS) is 12.3. The first kappa shape index (κ1) is 33.7. The molecular formula is C28H40O7. The number of hydrogen-bond acceptors (Lipinski definition) is 7. The van der Waals surface area contributed by atoms with E-state index in [2.05, 4.69) is 38.0 Å². The number of ether oxygens (including phenoxy) is 4. The first-order chi connectivity index (χ1) is 16.5. The van der Waals surface area contributed by atoms with Crippen molar-refractivity contribution in [3.05, 3.63) is 78.9 Å². The van der Waals surface area contributed by atoms with Crippen LogP contribution in [0.4, 0.5) is 0 Å². The lowest BCUT2D eigenvalue weighted by atomic mass is 10.2. The van der Waals surface area contributed by atoms with Gasteiger partial charge in [-0.05, 0) is 32.8 Å². The quantitative estimate of drug-likeness (QED) is 0.149. The summed E-state index contributed by atoms with van der Waals surface area (Å²) < 4.78 is 18.7. The van der Waals surface area contributed by atoms with E-state index in [4.69, 9.17) is 14.2 Å². The fraction of sp³-hybridized carbons (Fsp3) is 0.393. The number of rotatable bonds is 9. The Balaban J connectivity index is 0. The highest BCUT2D eigenvalue weighted by molar-refractivity contribution is 5.87. The molecule has 1 aliphatic heterocycles. The SMILES string of the molecule is C=C(C)C(=O)OC.C=C(C)C(=O)OCC1CO1.C=C(C)C(=O)OCCCC.C=Cc1ccccc1. The molecule has 0 N–H and O–H groups in total. The van der Waals surface area contributed by atoms with Crippen LogP contribution in [0.3, 0.4) is 0 Å². The third-order valence-electron chi connectivity index (χ3n) is 3.80. The number of carbonyl (C=O) groups excluding carboxylic acids is 3. The van der Waals surface area contributed by atoms with E-state index in [1.807, 2.05) is 36.4 Å². The minimum Gasteiger partial charge on any atom is -0.466 e. The number of unbranched alkanes of at least 4 members (excludes halogenated alkanes) is 1. The zero-order valence-corrected chi connectivity index (χ0v) is 21.8. The topological polar surface area (TPSA) is 91.4 Å². The van der Waals surface area contributed by atoms with Gasteiger partial charge in [0.25, 0.3) is 0 Å². The van der Waals surface area contributed by atoms with Crippen LogP contribution in [-0.2, 0) is 33.3 Å². The third-order valence-corrected chi connectivity index (χ3v) is 3.80. The van der Waals surface area contributed by atoms with Crippen LogP contribution >= 0.6 is 0 Å². The molecule has 1 saturated heterocycles. The van der Waals surface area contributed by atoms with E-state index in [9.17, 15) is 14.4 Å². The molecule has 0 aromatic heterocycles. The van der Waals surface area contributed by atoms with Crippen molar-refractivity contribution in [2.75, 3.05) is 26.9 Å². The standard InChI is InChI=1S/C8H14O2.C8H8.C7H10O3.C5H8O2/c1-4-5-6-10-8(9)7(2)3;1-2-8-6-4-3-5-7-8;1-5(2)7(8)10-4-6-3-9-6;1-4(2)5(6)7-3/h2,4-6H2,1,3H3;2-7H,1H2;6H,1,3-4H2,2H3;1H2,2-3H3. The third kappa shape index (κ3) is 22.1. The van der Waals surface area contributed by atoms with Crippen molar-refractivity contribution in [3.8, 4) is 0 Å². The molecule has 0 spiro atoms. The van der Waals surface area contributed by atoms with Gasteiger partial charge in [-0.25, -0.2) is 14.4 Å². The van der Waals surface area contributed by atoms with Crippen LogP contribution in [0.1, 0.15) is 46.1 Å². The molecule has 1 unspecified atom stereocenters. The highest BCUT2D eigenvalue weighted by Crippen LogP contribution is 2.09. The van der Waals surface area contributed by atoms with E-state index in [0.29, 0.717) is 36.5 Å². The smallest absolute Gasteiger partial charge is 0.333 e. The molecule has 0 saturated carbocycles. The molecule has 194 valence electrons. The predicted molar refractivity (Wildman–Crippen MR) is 140 cm³/mol. The second-order valence-electron chi connectivity index (χ2n) is 7.49. The van der Waals surface area contributed by atoms with Gasteiger partial charge in [0, 0.05) is 16.7 Å². The number of benzene rings is 1. The van der Waals surface area contributed by atoms with Crippen molar-refractivity contribution in [1.82, 2.24) is 0 Å². The minimum atomic E-state index is -0.347. The van der Waals surface area contributed by atoms with Crippen LogP contribution in [0.15, 0.2) is 73.4 Å². The Kier molecular flexibility index (Phi) is 20.3. The Morgan fingerprint density at radius 1 is 0.943 bits per heavy atom. The van der Waals surface area contributed by atoms with Crippen LogP contribution in [0.2, 0.25) is 0 Å². The van der Waals surface area contributed by atoms with Gasteiger partial charge in [0.15, 0.2) is 0 Å². The van der Waals surface area contributed by atoms with E-state index >= 15 is 0 Å². The lowest BCUT2D eigenvalue weighted by Gasteiger charge is -2.01. The van der Waals surface area contributed by atoms with Crippen LogP contribution < -0.4 is 0 Å². The molecule has 7 nitrogen and oxygen atoms in total. The van der Waals surface area contributed by atoms with E-state index in [-0.39, 0.29) is 24.0 Å². The predicted octanol–water partition coefficient (Wildman–Crippen LogP) is 5.48. The van der Waals surface area contributed by atoms with Gasteiger partial charge in [-0.1, -0.05) is 76.1 Å². The average Bonchev–Trinajstić information content (AvgIpc) is 3.68. The van der Waals surface area contributed by atoms with Gasteiger partial charge in [0.2, 0.25) is 0 Å². The van der Waals surface area contributed by atoms with Crippen LogP contribution in [0.5, 0.6) is 0 Å². The molecule has 1 aromatic carbocycles. The minimum absolute atomic E-state index is 0.142. The summed E-state index contributed by atoms with van der Waals surface area (Å²) >= 11 is 0. The molecule has 0 aliphatic carbocycles. The van der Waals surface area contributed by atoms with Gasteiger partial charge >= 0.3 is 17.9 Å². The monoisotopic (exact) mass is 488 g/mol. The summed E-state index contributed by atoms with van der Waals surface area (Å²) in [6, 6.07) is 10.0. The molecule has 1 fully saturated rings. The highest BCUT2D eigenvalue weighted by atomic mass is 16.6. The van der Waals surface area contributed by atoms with Gasteiger partial charge in [-0.2, -0.15) is 0 Å². The Morgan fingerprint density at radius 2 is 1.43 bits per heavy atom. The maximum atomic E-state index is 10.7. The van der Waals surface area contributed by atoms with E-state index < -0.39 is 0 Å². The van der Waals surface area contributed by atoms with E-state index in [1.165, 1.54) is 12.7 Å². The Morgan fingerprint density at radius 3 is 1.74 bits per heavy atom. The van der Waals surface area contributed by atoms with Crippen LogP contribution in [0, 0.1) is 0 Å². The molecule has 1 aromatic rings. The molecule has 1 heterocycles. The fourth-order valence-electron chi connectivity index (χ4n) is 1.65. The number of methoxy groups -OCH3 is 1. The maximum absolute atomic E-state index is 10.7. The Hall–Kier alpha value is -3.45. The van der Waals surface area contributed by atoms with Crippen molar-refractivity contribution in [3.63, 3.8) is 0 Å². The lowest BCUT2D eigenvalue weighted by molar-refractivity contribution is -0.140. The van der Waals surface area contributed by atoms with Crippen molar-refractivity contribution in [2.45, 2.75) is 46.6 Å². The number of hydrogen-bond donors (Lipinski definition) is 0. The van der Waals surface area contributed by atoms with Crippen molar-refractivity contribution in [2.24, 2.45) is 0 Å². The lowest BCUT2D eigenvalue weighted by Crippen LogP contribution is -2.09. The zero-order chi connectivity index (χ0) is 27.2. The number of carbonyl (C=O) groups is 3. The average molecular weight is 489 g/mol. The first-order valence-electron chi connectivity index (χ1n) is 11.2. The Bertz CT molecular complexity index is 821. The molecule has 7 heteroatoms. The summed E-state index contributed by atoms with van der Waals surface area (Å²) in [5, 5.41) is 0. The first-order valence-corrected chi connectivity index (χ1v) is 11.2. The molecule has 35 heavy (non-hydrogen) atoms. The maximum Gasteiger partial charge on any atom is 0.333 e. The van der Waals surface area contributed by atoms with Crippen LogP contribution in [0.25, 0.3) is 6.08 Å². The van der Waals surface area contributed by atoms with Gasteiger partial charge in [-0.3, -0.25) is 0 Å². The second kappa shape index (κ2) is 21.1. The van der Waals surface area contributed by atoms with E-state index in [1.54, 1.807) is 20.8 Å². The number of esters is 3. The largest absolute Gasteiger partial charge is 0.466 e. The molecule has 0 radical (unpaired) electrons. The summed E-state index contributed by atoms with van der Waals surface area (Å²) in [4.78, 5) is 31.6. The summed E-state index contributed by atoms with van der Waals surface area (Å²) in [5.74, 6) is -0.969. The van der Waals surface area contributed by atoms with Gasteiger partial charge in [0.1, 0.15) is 12.7 Å². The molecule has 1 aliphatic rings. The van der Waals surface area contributed by atoms with Crippen molar-refractivity contribution >= 4 is 24.0 Å². The summed E-state index contributed by atoms with van der Waals surface area (Å²) in [6.45, 7) is 22.4. The zero-order valence-electron chi connectivity index (χ0n) is 21.8. The molecular weight excluding hydrogens is 448 g/mol. The molecule has 0 bridgehead atoms. The van der Waals surface area contributed by atoms with Crippen molar-refractivity contribution in [1.29, 1.82) is 0 Å². The summed E-state index contributed by atoms with van der Waals surface area (Å²) in [5.41, 5.74) is 2.51. The van der Waals surface area contributed by atoms with Gasteiger partial charge < -0.3 is 18.9 Å². The van der Waals surface area contributed by atoms with E-state index in [0.717, 1.165) is 12.8 Å². The second-order valence-corrected chi connectivity index (χ2v) is 7.49.